The normalized spacial score (nSPS) is 21.3. The number of anilines is 1. The van der Waals surface area contributed by atoms with Crippen LogP contribution in [0.5, 0.6) is 0 Å². The van der Waals surface area contributed by atoms with Crippen LogP contribution in [0.4, 0.5) is 5.69 Å². The number of pyridine rings is 1. The van der Waals surface area contributed by atoms with E-state index in [0.717, 1.165) is 43.9 Å². The van der Waals surface area contributed by atoms with Crippen LogP contribution < -0.4 is 16.2 Å². The molecule has 178 valence electrons. The Morgan fingerprint density at radius 2 is 1.91 bits per heavy atom. The number of nitrogens with one attached hydrogen (secondary N) is 2. The maximum absolute atomic E-state index is 12.5. The topological polar surface area (TPSA) is 66.4 Å². The molecule has 34 heavy (non-hydrogen) atoms. The Labute approximate surface area is 206 Å². The Morgan fingerprint density at radius 3 is 2.71 bits per heavy atom. The molecule has 6 nitrogen and oxygen atoms in total. The van der Waals surface area contributed by atoms with Crippen LogP contribution in [-0.4, -0.2) is 40.1 Å². The summed E-state index contributed by atoms with van der Waals surface area (Å²) in [5.74, 6) is 0.696. The maximum atomic E-state index is 12.5. The van der Waals surface area contributed by atoms with Crippen LogP contribution in [0.3, 0.4) is 0 Å². The van der Waals surface area contributed by atoms with Gasteiger partial charge in [0.25, 0.3) is 11.5 Å². The Hall–Kier alpha value is -2.93. The fourth-order valence-electron chi connectivity index (χ4n) is 5.54. The van der Waals surface area contributed by atoms with E-state index in [1.165, 1.54) is 31.3 Å². The molecule has 1 saturated heterocycles. The van der Waals surface area contributed by atoms with E-state index in [1.807, 2.05) is 34.9 Å². The molecule has 2 atom stereocenters. The van der Waals surface area contributed by atoms with Crippen LogP contribution in [0.25, 0.3) is 0 Å². The van der Waals surface area contributed by atoms with Crippen molar-refractivity contribution in [1.82, 2.24) is 14.8 Å². The standard InChI is InChI=1S/C27H32N4O2S/c32-25-8-4-7-24-22-15-20(17-31(24)25)16-30(18-22)27(34)29-23-11-9-21(10-12-23)26(33)28-14-13-19-5-2-1-3-6-19/h4-5,7-12,20,22H,1-3,6,13-18H2,(H,28,33)(H,29,34). The van der Waals surface area contributed by atoms with E-state index in [2.05, 4.69) is 27.7 Å². The SMILES string of the molecule is O=C(NCCC1=CCCCC1)c1ccc(NC(=S)N2CC3CC(C2)c2cccc(=O)n2C3)cc1. The van der Waals surface area contributed by atoms with Crippen molar-refractivity contribution in [2.24, 2.45) is 5.92 Å². The number of rotatable bonds is 5. The molecule has 3 aliphatic rings. The quantitative estimate of drug-likeness (QED) is 0.498. The zero-order valence-electron chi connectivity index (χ0n) is 19.5. The first-order valence-corrected chi connectivity index (χ1v) is 12.8. The highest BCUT2D eigenvalue weighted by molar-refractivity contribution is 7.80. The van der Waals surface area contributed by atoms with Gasteiger partial charge in [0.05, 0.1) is 0 Å². The number of likely N-dealkylation sites (tertiary alicyclic amines) is 1. The highest BCUT2D eigenvalue weighted by Gasteiger charge is 2.35. The number of carbonyl (C=O) groups excluding carboxylic acids is 1. The number of allylic oxidation sites excluding steroid dienone is 1. The van der Waals surface area contributed by atoms with Crippen molar-refractivity contribution in [1.29, 1.82) is 0 Å². The number of hydrogen-bond acceptors (Lipinski definition) is 3. The summed E-state index contributed by atoms with van der Waals surface area (Å²) in [5, 5.41) is 7.07. The Morgan fingerprint density at radius 1 is 1.06 bits per heavy atom. The lowest BCUT2D eigenvalue weighted by molar-refractivity contribution is 0.0954. The molecular formula is C27H32N4O2S. The smallest absolute Gasteiger partial charge is 0.251 e. The molecule has 2 N–H and O–H groups in total. The minimum absolute atomic E-state index is 0.0386. The van der Waals surface area contributed by atoms with Crippen LogP contribution in [0.15, 0.2) is 58.9 Å². The predicted octanol–water partition coefficient (Wildman–Crippen LogP) is 4.28. The molecule has 2 unspecified atom stereocenters. The summed E-state index contributed by atoms with van der Waals surface area (Å²) in [5.41, 5.74) is 4.21. The second-order valence-corrected chi connectivity index (χ2v) is 10.1. The molecular weight excluding hydrogens is 444 g/mol. The zero-order valence-corrected chi connectivity index (χ0v) is 20.3. The summed E-state index contributed by atoms with van der Waals surface area (Å²) in [7, 11) is 0. The van der Waals surface area contributed by atoms with Gasteiger partial charge < -0.3 is 20.1 Å². The molecule has 2 bridgehead atoms. The summed E-state index contributed by atoms with van der Waals surface area (Å²) in [6.45, 7) is 3.09. The maximum Gasteiger partial charge on any atom is 0.251 e. The van der Waals surface area contributed by atoms with Gasteiger partial charge in [0, 0.05) is 55.1 Å². The number of amides is 1. The number of benzene rings is 1. The lowest BCUT2D eigenvalue weighted by atomic mass is 9.83. The van der Waals surface area contributed by atoms with E-state index in [-0.39, 0.29) is 11.5 Å². The van der Waals surface area contributed by atoms with Gasteiger partial charge in [0.2, 0.25) is 0 Å². The minimum atomic E-state index is -0.0386. The molecule has 2 aromatic rings. The molecule has 0 radical (unpaired) electrons. The van der Waals surface area contributed by atoms with Gasteiger partial charge in [0.15, 0.2) is 5.11 Å². The molecule has 3 heterocycles. The minimum Gasteiger partial charge on any atom is -0.352 e. The third-order valence-corrected chi connectivity index (χ3v) is 7.64. The van der Waals surface area contributed by atoms with E-state index in [4.69, 9.17) is 12.2 Å². The van der Waals surface area contributed by atoms with E-state index in [9.17, 15) is 9.59 Å². The average molecular weight is 477 g/mol. The monoisotopic (exact) mass is 476 g/mol. The van der Waals surface area contributed by atoms with Crippen molar-refractivity contribution in [3.05, 3.63) is 75.7 Å². The summed E-state index contributed by atoms with van der Waals surface area (Å²) < 4.78 is 1.93. The fourth-order valence-corrected chi connectivity index (χ4v) is 5.81. The summed E-state index contributed by atoms with van der Waals surface area (Å²) >= 11 is 5.72. The number of fused-ring (bicyclic) bond motifs is 4. The van der Waals surface area contributed by atoms with Crippen LogP contribution >= 0.6 is 12.2 Å². The van der Waals surface area contributed by atoms with Gasteiger partial charge in [-0.25, -0.2) is 0 Å². The van der Waals surface area contributed by atoms with Crippen LogP contribution in [-0.2, 0) is 6.54 Å². The van der Waals surface area contributed by atoms with Gasteiger partial charge >= 0.3 is 0 Å². The Kier molecular flexibility index (Phi) is 6.81. The van der Waals surface area contributed by atoms with Gasteiger partial charge in [-0.2, -0.15) is 0 Å². The van der Waals surface area contributed by atoms with Crippen LogP contribution in [0, 0.1) is 5.92 Å². The second-order valence-electron chi connectivity index (χ2n) is 9.72. The van der Waals surface area contributed by atoms with E-state index < -0.39 is 0 Å². The van der Waals surface area contributed by atoms with Gasteiger partial charge in [-0.3, -0.25) is 9.59 Å². The molecule has 1 fully saturated rings. The van der Waals surface area contributed by atoms with Crippen LogP contribution in [0.1, 0.15) is 60.5 Å². The number of piperidine rings is 1. The third kappa shape index (κ3) is 5.09. The molecule has 1 aliphatic carbocycles. The van der Waals surface area contributed by atoms with E-state index in [1.54, 1.807) is 6.07 Å². The van der Waals surface area contributed by atoms with Crippen molar-refractivity contribution in [2.75, 3.05) is 25.0 Å². The number of aromatic nitrogens is 1. The Bertz CT molecular complexity index is 1150. The van der Waals surface area contributed by atoms with Gasteiger partial charge in [0.1, 0.15) is 0 Å². The molecule has 0 saturated carbocycles. The number of hydrogen-bond donors (Lipinski definition) is 2. The summed E-state index contributed by atoms with van der Waals surface area (Å²) in [6.07, 6.45) is 9.26. The predicted molar refractivity (Wildman–Crippen MR) is 139 cm³/mol. The van der Waals surface area contributed by atoms with Crippen molar-refractivity contribution < 1.29 is 4.79 Å². The molecule has 1 amide bonds. The molecule has 7 heteroatoms. The number of thiocarbonyl (C=S) groups is 1. The second kappa shape index (κ2) is 10.1. The van der Waals surface area contributed by atoms with Gasteiger partial charge in [-0.15, -0.1) is 0 Å². The highest BCUT2D eigenvalue weighted by atomic mass is 32.1. The molecule has 0 spiro atoms. The molecule has 2 aliphatic heterocycles. The average Bonchev–Trinajstić information content (AvgIpc) is 2.85. The van der Waals surface area contributed by atoms with E-state index >= 15 is 0 Å². The highest BCUT2D eigenvalue weighted by Crippen LogP contribution is 2.35. The van der Waals surface area contributed by atoms with Gasteiger partial charge in [-0.1, -0.05) is 17.7 Å². The first kappa shape index (κ1) is 22.8. The lowest BCUT2D eigenvalue weighted by Crippen LogP contribution is -2.50. The van der Waals surface area contributed by atoms with Gasteiger partial charge in [-0.05, 0) is 87.0 Å². The summed E-state index contributed by atoms with van der Waals surface area (Å²) in [6, 6.07) is 13.1. The summed E-state index contributed by atoms with van der Waals surface area (Å²) in [4.78, 5) is 27.0. The number of carbonyl (C=O) groups is 1. The first-order chi connectivity index (χ1) is 16.6. The first-order valence-electron chi connectivity index (χ1n) is 12.4. The Balaban J connectivity index is 1.15. The van der Waals surface area contributed by atoms with Crippen LogP contribution in [0.2, 0.25) is 0 Å². The number of nitrogens with zero attached hydrogens (tertiary/aromatic N) is 2. The zero-order chi connectivity index (χ0) is 23.5. The van der Waals surface area contributed by atoms with Crippen molar-refractivity contribution in [3.63, 3.8) is 0 Å². The van der Waals surface area contributed by atoms with Crippen molar-refractivity contribution in [3.8, 4) is 0 Å². The van der Waals surface area contributed by atoms with Crippen molar-refractivity contribution in [2.45, 2.75) is 51.0 Å². The molecule has 5 rings (SSSR count). The van der Waals surface area contributed by atoms with Crippen molar-refractivity contribution >= 4 is 28.9 Å². The molecule has 1 aromatic carbocycles. The lowest BCUT2D eigenvalue weighted by Gasteiger charge is -2.43. The fraction of sp³-hybridized carbons (Fsp3) is 0.444. The third-order valence-electron chi connectivity index (χ3n) is 7.28. The molecule has 1 aromatic heterocycles. The largest absolute Gasteiger partial charge is 0.352 e. The van der Waals surface area contributed by atoms with E-state index in [0.29, 0.717) is 29.1 Å².